The summed E-state index contributed by atoms with van der Waals surface area (Å²) in [6, 6.07) is 0. The zero-order valence-corrected chi connectivity index (χ0v) is 12.6. The van der Waals surface area contributed by atoms with E-state index in [4.69, 9.17) is 10.8 Å². The Morgan fingerprint density at radius 3 is 2.47 bits per heavy atom. The van der Waals surface area contributed by atoms with Crippen LogP contribution in [-0.4, -0.2) is 32.9 Å². The molecule has 106 valence electrons. The molecule has 1 N–H and O–H groups in total. The molecule has 0 radical (unpaired) electrons. The van der Waals surface area contributed by atoms with E-state index in [1.165, 1.54) is 4.31 Å². The summed E-state index contributed by atoms with van der Waals surface area (Å²) in [4.78, 5) is 0.233. The molecule has 0 bridgehead atoms. The molecule has 0 aliphatic rings. The number of hydrogen-bond donors (Lipinski definition) is 1. The summed E-state index contributed by atoms with van der Waals surface area (Å²) < 4.78 is 32.0. The average molecular weight is 284 g/mol. The van der Waals surface area contributed by atoms with Gasteiger partial charge in [-0.3, -0.25) is 0 Å². The topological polar surface area (TPSA) is 62.6 Å². The van der Waals surface area contributed by atoms with E-state index in [2.05, 4.69) is 11.2 Å². The minimum Gasteiger partial charge on any atom is -0.465 e. The summed E-state index contributed by atoms with van der Waals surface area (Å²) in [6.07, 6.45) is 5.23. The lowest BCUT2D eigenvalue weighted by Gasteiger charge is -2.18. The molecule has 0 amide bonds. The zero-order valence-electron chi connectivity index (χ0n) is 11.8. The van der Waals surface area contributed by atoms with Crippen molar-refractivity contribution in [2.45, 2.75) is 32.2 Å². The van der Waals surface area contributed by atoms with Gasteiger partial charge in [-0.1, -0.05) is 12.8 Å². The van der Waals surface area contributed by atoms with Crippen molar-refractivity contribution in [3.63, 3.8) is 0 Å². The fourth-order valence-corrected chi connectivity index (χ4v) is 3.80. The number of nitrogens with zero attached hydrogens (tertiary/aromatic N) is 1. The predicted octanol–water partition coefficient (Wildman–Crippen LogP) is 1.26. The lowest BCUT2D eigenvalue weighted by molar-refractivity contribution is 0.457. The van der Waals surface area contributed by atoms with E-state index < -0.39 is 10.0 Å². The Morgan fingerprint density at radius 2 is 2.00 bits per heavy atom. The molecule has 0 aromatic carbocycles. The van der Waals surface area contributed by atoms with Gasteiger partial charge in [0.1, 0.15) is 16.4 Å². The van der Waals surface area contributed by atoms with Gasteiger partial charge in [0.25, 0.3) is 0 Å². The van der Waals surface area contributed by atoms with Crippen molar-refractivity contribution in [1.29, 1.82) is 0 Å². The smallest absolute Gasteiger partial charge is 0.247 e. The number of sulfonamides is 1. The van der Waals surface area contributed by atoms with Crippen LogP contribution in [0.1, 0.15) is 24.0 Å². The summed E-state index contributed by atoms with van der Waals surface area (Å²) in [5.74, 6) is 3.39. The van der Waals surface area contributed by atoms with Gasteiger partial charge in [0, 0.05) is 18.7 Å². The van der Waals surface area contributed by atoms with Crippen LogP contribution in [0.3, 0.4) is 0 Å². The lowest BCUT2D eigenvalue weighted by Crippen LogP contribution is -2.32. The second-order valence-electron chi connectivity index (χ2n) is 4.19. The fourth-order valence-electron chi connectivity index (χ4n) is 2.03. The number of furan rings is 1. The molecule has 6 heteroatoms. The average Bonchev–Trinajstić information content (AvgIpc) is 2.62. The molecule has 1 heterocycles. The minimum absolute atomic E-state index is 0.0570. The molecule has 0 saturated heterocycles. The van der Waals surface area contributed by atoms with Crippen LogP contribution in [0.5, 0.6) is 0 Å². The third kappa shape index (κ3) is 3.00. The molecular weight excluding hydrogens is 264 g/mol. The van der Waals surface area contributed by atoms with Crippen LogP contribution in [0, 0.1) is 26.2 Å². The Labute approximate surface area is 115 Å². The van der Waals surface area contributed by atoms with Gasteiger partial charge in [-0.15, -0.1) is 6.42 Å². The first kappa shape index (κ1) is 15.8. The van der Waals surface area contributed by atoms with Gasteiger partial charge < -0.3 is 9.73 Å². The maximum Gasteiger partial charge on any atom is 0.247 e. The Balaban J connectivity index is 3.39. The summed E-state index contributed by atoms with van der Waals surface area (Å²) in [6.45, 7) is 6.00. The van der Waals surface area contributed by atoms with Crippen LogP contribution in [0.25, 0.3) is 0 Å². The molecule has 1 rings (SSSR count). The van der Waals surface area contributed by atoms with Crippen LogP contribution < -0.4 is 5.32 Å². The van der Waals surface area contributed by atoms with E-state index in [0.717, 1.165) is 0 Å². The van der Waals surface area contributed by atoms with Gasteiger partial charge in [0.2, 0.25) is 10.0 Å². The molecule has 1 aromatic heterocycles. The first-order valence-electron chi connectivity index (χ1n) is 6.07. The maximum atomic E-state index is 12.6. The molecule has 0 unspecified atom stereocenters. The number of aryl methyl sites for hydroxylation is 2. The third-order valence-corrected chi connectivity index (χ3v) is 5.01. The molecule has 0 aliphatic heterocycles. The molecular formula is C13H20N2O3S. The Kier molecular flexibility index (Phi) is 5.18. The summed E-state index contributed by atoms with van der Waals surface area (Å²) in [5, 5.41) is 2.96. The van der Waals surface area contributed by atoms with Crippen molar-refractivity contribution >= 4 is 10.0 Å². The first-order valence-corrected chi connectivity index (χ1v) is 7.51. The van der Waals surface area contributed by atoms with Crippen LogP contribution >= 0.6 is 0 Å². The minimum atomic E-state index is -3.62. The van der Waals surface area contributed by atoms with Crippen molar-refractivity contribution in [2.24, 2.45) is 0 Å². The molecule has 1 aromatic rings. The van der Waals surface area contributed by atoms with E-state index in [1.807, 2.05) is 0 Å². The number of hydrogen-bond acceptors (Lipinski definition) is 4. The highest BCUT2D eigenvalue weighted by atomic mass is 32.2. The van der Waals surface area contributed by atoms with Gasteiger partial charge in [-0.2, -0.15) is 4.31 Å². The standard InChI is InChI=1S/C13H20N2O3S/c1-6-8-15(7-2)19(16,17)13-11(4)18-10(3)12(13)9-14-5/h1,14H,7-9H2,2-5H3. The summed E-state index contributed by atoms with van der Waals surface area (Å²) in [7, 11) is -1.86. The van der Waals surface area contributed by atoms with Crippen LogP contribution in [0.15, 0.2) is 9.31 Å². The molecule has 0 atom stereocenters. The quantitative estimate of drug-likeness (QED) is 0.799. The molecule has 0 aliphatic carbocycles. The van der Waals surface area contributed by atoms with Crippen molar-refractivity contribution < 1.29 is 12.8 Å². The largest absolute Gasteiger partial charge is 0.465 e. The van der Waals surface area contributed by atoms with Gasteiger partial charge in [0.05, 0.1) is 6.54 Å². The summed E-state index contributed by atoms with van der Waals surface area (Å²) >= 11 is 0. The molecule has 5 nitrogen and oxygen atoms in total. The molecule has 0 spiro atoms. The number of terminal acetylenes is 1. The highest BCUT2D eigenvalue weighted by molar-refractivity contribution is 7.89. The lowest BCUT2D eigenvalue weighted by atomic mass is 10.2. The summed E-state index contributed by atoms with van der Waals surface area (Å²) in [5.41, 5.74) is 0.662. The van der Waals surface area contributed by atoms with E-state index in [1.54, 1.807) is 27.8 Å². The van der Waals surface area contributed by atoms with Crippen molar-refractivity contribution in [3.8, 4) is 12.3 Å². The Bertz CT molecular complexity index is 582. The highest BCUT2D eigenvalue weighted by Gasteiger charge is 2.30. The van der Waals surface area contributed by atoms with E-state index in [9.17, 15) is 8.42 Å². The zero-order chi connectivity index (χ0) is 14.6. The number of nitrogens with one attached hydrogen (secondary N) is 1. The number of rotatable bonds is 6. The van der Waals surface area contributed by atoms with Gasteiger partial charge in [-0.05, 0) is 20.9 Å². The second kappa shape index (κ2) is 6.24. The highest BCUT2D eigenvalue weighted by Crippen LogP contribution is 2.29. The Morgan fingerprint density at radius 1 is 1.37 bits per heavy atom. The van der Waals surface area contributed by atoms with E-state index in [-0.39, 0.29) is 11.4 Å². The second-order valence-corrected chi connectivity index (χ2v) is 6.06. The van der Waals surface area contributed by atoms with E-state index in [0.29, 0.717) is 30.2 Å². The fraction of sp³-hybridized carbons (Fsp3) is 0.538. The molecule has 0 fully saturated rings. The van der Waals surface area contributed by atoms with Crippen LogP contribution in [-0.2, 0) is 16.6 Å². The van der Waals surface area contributed by atoms with Gasteiger partial charge in [0.15, 0.2) is 0 Å². The molecule has 0 saturated carbocycles. The third-order valence-electron chi connectivity index (χ3n) is 2.90. The van der Waals surface area contributed by atoms with Crippen molar-refractivity contribution in [1.82, 2.24) is 9.62 Å². The van der Waals surface area contributed by atoms with E-state index >= 15 is 0 Å². The monoisotopic (exact) mass is 284 g/mol. The predicted molar refractivity (Wildman–Crippen MR) is 74.2 cm³/mol. The van der Waals surface area contributed by atoms with Crippen molar-refractivity contribution in [2.75, 3.05) is 20.1 Å². The van der Waals surface area contributed by atoms with Crippen LogP contribution in [0.4, 0.5) is 0 Å². The van der Waals surface area contributed by atoms with Crippen molar-refractivity contribution in [3.05, 3.63) is 17.1 Å². The Hall–Kier alpha value is -1.29. The van der Waals surface area contributed by atoms with Gasteiger partial charge in [-0.25, -0.2) is 8.42 Å². The van der Waals surface area contributed by atoms with Crippen LogP contribution in [0.2, 0.25) is 0 Å². The first-order chi connectivity index (χ1) is 8.89. The molecule has 19 heavy (non-hydrogen) atoms. The maximum absolute atomic E-state index is 12.6. The van der Waals surface area contributed by atoms with Gasteiger partial charge >= 0.3 is 0 Å². The SMILES string of the molecule is C#CCN(CC)S(=O)(=O)c1c(C)oc(C)c1CNC. The normalized spacial score (nSPS) is 11.8.